The summed E-state index contributed by atoms with van der Waals surface area (Å²) in [6, 6.07) is 16.4. The maximum absolute atomic E-state index is 12.9. The number of sulfonamides is 1. The van der Waals surface area contributed by atoms with Crippen LogP contribution in [-0.2, 0) is 22.3 Å². The quantitative estimate of drug-likeness (QED) is 0.748. The fraction of sp³-hybridized carbons (Fsp3) is 0.455. The normalized spacial score (nSPS) is 23.1. The maximum Gasteiger partial charge on any atom is 0.218 e. The minimum Gasteiger partial charge on any atom is -0.497 e. The van der Waals surface area contributed by atoms with Crippen LogP contribution >= 0.6 is 0 Å². The molecule has 0 aromatic heterocycles. The van der Waals surface area contributed by atoms with Crippen LogP contribution in [0.2, 0.25) is 0 Å². The van der Waals surface area contributed by atoms with Gasteiger partial charge in [-0.05, 0) is 36.6 Å². The van der Waals surface area contributed by atoms with Crippen LogP contribution in [0.1, 0.15) is 23.1 Å². The summed E-state index contributed by atoms with van der Waals surface area (Å²) < 4.78 is 32.8. The Hall–Kier alpha value is -1.89. The molecule has 0 radical (unpaired) electrons. The molecule has 4 rings (SSSR count). The number of hydrogen-bond donors (Lipinski definition) is 0. The van der Waals surface area contributed by atoms with Crippen molar-refractivity contribution in [3.05, 3.63) is 65.2 Å². The molecular weight excluding hydrogens is 372 g/mol. The molecule has 2 aromatic carbocycles. The van der Waals surface area contributed by atoms with Crippen molar-refractivity contribution in [3.8, 4) is 5.75 Å². The lowest BCUT2D eigenvalue weighted by molar-refractivity contribution is -0.0306. The van der Waals surface area contributed by atoms with Crippen molar-refractivity contribution < 1.29 is 13.2 Å². The minimum atomic E-state index is -3.26. The molecule has 0 aliphatic carbocycles. The number of hydrogen-bond acceptors (Lipinski definition) is 4. The van der Waals surface area contributed by atoms with E-state index in [4.69, 9.17) is 4.74 Å². The van der Waals surface area contributed by atoms with Gasteiger partial charge in [0.15, 0.2) is 0 Å². The molecule has 28 heavy (non-hydrogen) atoms. The van der Waals surface area contributed by atoms with E-state index in [2.05, 4.69) is 17.0 Å². The van der Waals surface area contributed by atoms with Gasteiger partial charge in [-0.1, -0.05) is 42.0 Å². The van der Waals surface area contributed by atoms with Crippen LogP contribution < -0.4 is 4.74 Å². The number of likely N-dealkylation sites (tertiary alicyclic amines) is 1. The number of nitrogens with zero attached hydrogens (tertiary/aromatic N) is 2. The molecule has 0 N–H and O–H groups in total. The summed E-state index contributed by atoms with van der Waals surface area (Å²) in [4.78, 5) is 2.46. The van der Waals surface area contributed by atoms with E-state index in [9.17, 15) is 8.42 Å². The summed E-state index contributed by atoms with van der Waals surface area (Å²) in [5.41, 5.74) is 3.21. The molecule has 0 spiro atoms. The fourth-order valence-corrected chi connectivity index (χ4v) is 6.07. The number of piperidine rings is 1. The van der Waals surface area contributed by atoms with E-state index in [1.54, 1.807) is 11.4 Å². The summed E-state index contributed by atoms with van der Waals surface area (Å²) in [6.45, 7) is 5.11. The molecule has 0 amide bonds. The van der Waals surface area contributed by atoms with Crippen molar-refractivity contribution in [3.63, 3.8) is 0 Å². The molecule has 0 bridgehead atoms. The van der Waals surface area contributed by atoms with Crippen molar-refractivity contribution >= 4 is 10.0 Å². The predicted octanol–water partition coefficient (Wildman–Crippen LogP) is 3.04. The molecule has 2 aromatic rings. The van der Waals surface area contributed by atoms with E-state index in [1.807, 2.05) is 43.3 Å². The Morgan fingerprint density at radius 3 is 2.61 bits per heavy atom. The van der Waals surface area contributed by atoms with Gasteiger partial charge in [-0.3, -0.25) is 4.90 Å². The van der Waals surface area contributed by atoms with Gasteiger partial charge in [0.2, 0.25) is 10.0 Å². The number of aryl methyl sites for hydroxylation is 1. The van der Waals surface area contributed by atoms with Crippen molar-refractivity contribution in [2.75, 3.05) is 26.7 Å². The second kappa shape index (κ2) is 7.85. The van der Waals surface area contributed by atoms with Crippen molar-refractivity contribution in [1.82, 2.24) is 9.21 Å². The molecule has 2 saturated heterocycles. The molecular formula is C22H28N2O3S. The second-order valence-corrected chi connectivity index (χ2v) is 9.97. The highest BCUT2D eigenvalue weighted by atomic mass is 32.2. The Balaban J connectivity index is 1.35. The molecule has 2 aliphatic heterocycles. The van der Waals surface area contributed by atoms with E-state index in [1.165, 1.54) is 5.56 Å². The van der Waals surface area contributed by atoms with Gasteiger partial charge in [0, 0.05) is 38.1 Å². The molecule has 2 aliphatic rings. The summed E-state index contributed by atoms with van der Waals surface area (Å²) in [5.74, 6) is 1.41. The third-order valence-electron chi connectivity index (χ3n) is 5.94. The van der Waals surface area contributed by atoms with Crippen LogP contribution in [0.25, 0.3) is 0 Å². The first-order valence-electron chi connectivity index (χ1n) is 9.85. The SMILES string of the molecule is COc1cccc(CN2C[C@H]3CN(S(=O)(=O)Cc4cccc(C)c4)CC[C@@H]32)c1. The average molecular weight is 401 g/mol. The maximum atomic E-state index is 12.9. The number of methoxy groups -OCH3 is 1. The van der Waals surface area contributed by atoms with Gasteiger partial charge < -0.3 is 4.74 Å². The van der Waals surface area contributed by atoms with Gasteiger partial charge in [0.05, 0.1) is 12.9 Å². The molecule has 150 valence electrons. The third-order valence-corrected chi connectivity index (χ3v) is 7.76. The third kappa shape index (κ3) is 4.09. The monoisotopic (exact) mass is 400 g/mol. The number of rotatable bonds is 6. The van der Waals surface area contributed by atoms with Crippen molar-refractivity contribution in [2.24, 2.45) is 5.92 Å². The van der Waals surface area contributed by atoms with Gasteiger partial charge in [0.1, 0.15) is 5.75 Å². The number of benzene rings is 2. The lowest BCUT2D eigenvalue weighted by Gasteiger charge is -2.53. The first-order chi connectivity index (χ1) is 13.4. The van der Waals surface area contributed by atoms with Crippen LogP contribution in [0, 0.1) is 12.8 Å². The second-order valence-electron chi connectivity index (χ2n) is 8.00. The van der Waals surface area contributed by atoms with Gasteiger partial charge in [-0.15, -0.1) is 0 Å². The van der Waals surface area contributed by atoms with Gasteiger partial charge in [0.25, 0.3) is 0 Å². The van der Waals surface area contributed by atoms with Crippen LogP contribution in [0.15, 0.2) is 48.5 Å². The van der Waals surface area contributed by atoms with Gasteiger partial charge in [-0.2, -0.15) is 0 Å². The Labute approximate surface area is 168 Å². The molecule has 2 heterocycles. The standard InChI is InChI=1S/C22H28N2O3S/c1-17-5-3-7-19(11-17)16-28(25,26)24-10-9-22-20(15-24)14-23(22)13-18-6-4-8-21(12-18)27-2/h3-8,11-12,20,22H,9-10,13-16H2,1-2H3/t20-,22-/m0/s1. The molecule has 0 saturated carbocycles. The van der Waals surface area contributed by atoms with Crippen molar-refractivity contribution in [1.29, 1.82) is 0 Å². The van der Waals surface area contributed by atoms with Gasteiger partial charge >= 0.3 is 0 Å². The Kier molecular flexibility index (Phi) is 5.45. The van der Waals surface area contributed by atoms with E-state index in [0.29, 0.717) is 25.0 Å². The Morgan fingerprint density at radius 2 is 1.86 bits per heavy atom. The lowest BCUT2D eigenvalue weighted by Crippen LogP contribution is -2.63. The zero-order valence-corrected chi connectivity index (χ0v) is 17.4. The average Bonchev–Trinajstić information content (AvgIpc) is 2.65. The lowest BCUT2D eigenvalue weighted by atomic mass is 9.83. The summed E-state index contributed by atoms with van der Waals surface area (Å²) in [6.07, 6.45) is 0.904. The highest BCUT2D eigenvalue weighted by Crippen LogP contribution is 2.35. The fourth-order valence-electron chi connectivity index (χ4n) is 4.49. The number of fused-ring (bicyclic) bond motifs is 1. The molecule has 5 nitrogen and oxygen atoms in total. The first-order valence-corrected chi connectivity index (χ1v) is 11.5. The summed E-state index contributed by atoms with van der Waals surface area (Å²) in [5, 5.41) is 0. The highest BCUT2D eigenvalue weighted by Gasteiger charge is 2.44. The Bertz CT molecular complexity index is 944. The van der Waals surface area contributed by atoms with Crippen LogP contribution in [0.4, 0.5) is 0 Å². The van der Waals surface area contributed by atoms with Crippen LogP contribution in [0.3, 0.4) is 0 Å². The first kappa shape index (κ1) is 19.4. The molecule has 2 atom stereocenters. The Morgan fingerprint density at radius 1 is 1.07 bits per heavy atom. The summed E-state index contributed by atoms with van der Waals surface area (Å²) in [7, 11) is -1.58. The predicted molar refractivity (Wildman–Crippen MR) is 111 cm³/mol. The van der Waals surface area contributed by atoms with E-state index in [0.717, 1.165) is 36.4 Å². The number of ether oxygens (including phenoxy) is 1. The molecule has 6 heteroatoms. The largest absolute Gasteiger partial charge is 0.497 e. The van der Waals surface area contributed by atoms with E-state index < -0.39 is 10.0 Å². The van der Waals surface area contributed by atoms with Gasteiger partial charge in [-0.25, -0.2) is 12.7 Å². The topological polar surface area (TPSA) is 49.9 Å². The zero-order chi connectivity index (χ0) is 19.7. The molecule has 2 fully saturated rings. The van der Waals surface area contributed by atoms with Crippen LogP contribution in [0.5, 0.6) is 5.75 Å². The van der Waals surface area contributed by atoms with Crippen LogP contribution in [-0.4, -0.2) is 50.4 Å². The van der Waals surface area contributed by atoms with E-state index >= 15 is 0 Å². The molecule has 0 unspecified atom stereocenters. The van der Waals surface area contributed by atoms with Crippen molar-refractivity contribution in [2.45, 2.75) is 31.7 Å². The van der Waals surface area contributed by atoms with E-state index in [-0.39, 0.29) is 5.75 Å². The zero-order valence-electron chi connectivity index (χ0n) is 16.5. The minimum absolute atomic E-state index is 0.0968. The summed E-state index contributed by atoms with van der Waals surface area (Å²) >= 11 is 0. The highest BCUT2D eigenvalue weighted by molar-refractivity contribution is 7.88. The smallest absolute Gasteiger partial charge is 0.218 e.